The molecule has 0 saturated carbocycles. The van der Waals surface area contributed by atoms with Crippen LogP contribution in [0.25, 0.3) is 0 Å². The van der Waals surface area contributed by atoms with Crippen LogP contribution in [-0.2, 0) is 4.74 Å². The first-order valence-corrected chi connectivity index (χ1v) is 9.18. The summed E-state index contributed by atoms with van der Waals surface area (Å²) < 4.78 is 10.8. The lowest BCUT2D eigenvalue weighted by atomic mass is 10.1. The number of nitrogens with one attached hydrogen (secondary N) is 2. The largest absolute Gasteiger partial charge is 0.455 e. The molecule has 0 aromatic heterocycles. The summed E-state index contributed by atoms with van der Waals surface area (Å²) in [5.41, 5.74) is 1.47. The minimum absolute atomic E-state index is 0.212. The Kier molecular flexibility index (Phi) is 6.97. The summed E-state index contributed by atoms with van der Waals surface area (Å²) in [4.78, 5) is 24.7. The van der Waals surface area contributed by atoms with Crippen molar-refractivity contribution in [3.8, 4) is 11.5 Å². The van der Waals surface area contributed by atoms with Crippen LogP contribution in [-0.4, -0.2) is 32.1 Å². The molecule has 0 saturated heterocycles. The molecule has 0 bridgehead atoms. The molecule has 0 fully saturated rings. The van der Waals surface area contributed by atoms with Crippen LogP contribution in [0.3, 0.4) is 0 Å². The van der Waals surface area contributed by atoms with E-state index < -0.39 is 0 Å². The second-order valence-electron chi connectivity index (χ2n) is 6.19. The fourth-order valence-electron chi connectivity index (χ4n) is 2.61. The van der Waals surface area contributed by atoms with Crippen molar-refractivity contribution < 1.29 is 19.1 Å². The molecule has 0 aliphatic heterocycles. The van der Waals surface area contributed by atoms with Crippen molar-refractivity contribution >= 4 is 17.5 Å². The lowest BCUT2D eigenvalue weighted by molar-refractivity contribution is 0.0935. The smallest absolute Gasteiger partial charge is 0.255 e. The summed E-state index contributed by atoms with van der Waals surface area (Å²) in [5, 5.41) is 5.59. The van der Waals surface area contributed by atoms with Gasteiger partial charge >= 0.3 is 0 Å². The standard InChI is InChI=1S/C23H22N2O4/c1-28-16-15-24-22(26)17-11-13-18(14-12-17)23(27)25-20-9-5-6-10-21(20)29-19-7-3-2-4-8-19/h2-14H,15-16H2,1H3,(H,24,26)(H,25,27). The molecule has 0 aliphatic carbocycles. The van der Waals surface area contributed by atoms with E-state index in [1.54, 1.807) is 43.5 Å². The molecule has 2 amide bonds. The van der Waals surface area contributed by atoms with Gasteiger partial charge < -0.3 is 20.1 Å². The molecule has 0 spiro atoms. The summed E-state index contributed by atoms with van der Waals surface area (Å²) in [6, 6.07) is 23.0. The SMILES string of the molecule is COCCNC(=O)c1ccc(C(=O)Nc2ccccc2Oc2ccccc2)cc1. The summed E-state index contributed by atoms with van der Waals surface area (Å²) in [5.74, 6) is 0.718. The number of methoxy groups -OCH3 is 1. The Morgan fingerprint density at radius 3 is 2.10 bits per heavy atom. The first-order valence-electron chi connectivity index (χ1n) is 9.18. The average molecular weight is 390 g/mol. The van der Waals surface area contributed by atoms with E-state index in [4.69, 9.17) is 9.47 Å². The highest BCUT2D eigenvalue weighted by Crippen LogP contribution is 2.29. The Morgan fingerprint density at radius 2 is 1.41 bits per heavy atom. The third kappa shape index (κ3) is 5.67. The maximum atomic E-state index is 12.6. The van der Waals surface area contributed by atoms with Crippen molar-refractivity contribution in [2.75, 3.05) is 25.6 Å². The van der Waals surface area contributed by atoms with Crippen molar-refractivity contribution in [3.63, 3.8) is 0 Å². The third-order valence-corrected chi connectivity index (χ3v) is 4.11. The highest BCUT2D eigenvalue weighted by molar-refractivity contribution is 6.05. The van der Waals surface area contributed by atoms with Gasteiger partial charge in [0.25, 0.3) is 11.8 Å². The molecule has 6 heteroatoms. The van der Waals surface area contributed by atoms with Gasteiger partial charge in [-0.1, -0.05) is 30.3 Å². The number of ether oxygens (including phenoxy) is 2. The van der Waals surface area contributed by atoms with E-state index >= 15 is 0 Å². The van der Waals surface area contributed by atoms with Crippen LogP contribution in [0.2, 0.25) is 0 Å². The van der Waals surface area contributed by atoms with Gasteiger partial charge in [0, 0.05) is 24.8 Å². The Morgan fingerprint density at radius 1 is 0.793 bits per heavy atom. The van der Waals surface area contributed by atoms with Crippen molar-refractivity contribution in [3.05, 3.63) is 90.0 Å². The lowest BCUT2D eigenvalue weighted by Gasteiger charge is -2.12. The summed E-state index contributed by atoms with van der Waals surface area (Å²) in [6.45, 7) is 0.868. The van der Waals surface area contributed by atoms with Crippen LogP contribution in [0.4, 0.5) is 5.69 Å². The molecule has 6 nitrogen and oxygen atoms in total. The Balaban J connectivity index is 1.67. The molecule has 148 valence electrons. The van der Waals surface area contributed by atoms with Crippen molar-refractivity contribution in [2.45, 2.75) is 0 Å². The molecule has 0 unspecified atom stereocenters. The zero-order chi connectivity index (χ0) is 20.5. The van der Waals surface area contributed by atoms with Gasteiger partial charge in [-0.25, -0.2) is 0 Å². The summed E-state index contributed by atoms with van der Waals surface area (Å²) in [6.07, 6.45) is 0. The van der Waals surface area contributed by atoms with Gasteiger partial charge in [-0.3, -0.25) is 9.59 Å². The van der Waals surface area contributed by atoms with Gasteiger partial charge in [0.2, 0.25) is 0 Å². The van der Waals surface area contributed by atoms with Crippen molar-refractivity contribution in [1.29, 1.82) is 0 Å². The van der Waals surface area contributed by atoms with Gasteiger partial charge in [0.15, 0.2) is 5.75 Å². The maximum Gasteiger partial charge on any atom is 0.255 e. The van der Waals surface area contributed by atoms with Gasteiger partial charge in [-0.15, -0.1) is 0 Å². The van der Waals surface area contributed by atoms with Crippen LogP contribution in [0.1, 0.15) is 20.7 Å². The number of hydrogen-bond acceptors (Lipinski definition) is 4. The normalized spacial score (nSPS) is 10.2. The monoisotopic (exact) mass is 390 g/mol. The van der Waals surface area contributed by atoms with Crippen LogP contribution in [0.15, 0.2) is 78.9 Å². The molecule has 3 rings (SSSR count). The van der Waals surface area contributed by atoms with Crippen LogP contribution < -0.4 is 15.4 Å². The maximum absolute atomic E-state index is 12.6. The Bertz CT molecular complexity index is 956. The number of carbonyl (C=O) groups is 2. The Labute approximate surface area is 169 Å². The van der Waals surface area contributed by atoms with Crippen molar-refractivity contribution in [1.82, 2.24) is 5.32 Å². The Hall–Kier alpha value is -3.64. The van der Waals surface area contributed by atoms with Crippen LogP contribution >= 0.6 is 0 Å². The van der Waals surface area contributed by atoms with Gasteiger partial charge in [-0.05, 0) is 48.5 Å². The highest BCUT2D eigenvalue weighted by Gasteiger charge is 2.12. The summed E-state index contributed by atoms with van der Waals surface area (Å²) in [7, 11) is 1.57. The molecular formula is C23H22N2O4. The zero-order valence-electron chi connectivity index (χ0n) is 16.1. The highest BCUT2D eigenvalue weighted by atomic mass is 16.5. The van der Waals surface area contributed by atoms with E-state index in [1.165, 1.54) is 0 Å². The average Bonchev–Trinajstić information content (AvgIpc) is 2.76. The predicted molar refractivity (Wildman–Crippen MR) is 112 cm³/mol. The van der Waals surface area contributed by atoms with Gasteiger partial charge in [0.1, 0.15) is 5.75 Å². The lowest BCUT2D eigenvalue weighted by Crippen LogP contribution is -2.26. The van der Waals surface area contributed by atoms with Crippen LogP contribution in [0.5, 0.6) is 11.5 Å². The first-order chi connectivity index (χ1) is 14.2. The molecule has 2 N–H and O–H groups in total. The third-order valence-electron chi connectivity index (χ3n) is 4.11. The summed E-state index contributed by atoms with van der Waals surface area (Å²) >= 11 is 0. The topological polar surface area (TPSA) is 76.7 Å². The van der Waals surface area contributed by atoms with E-state index in [1.807, 2.05) is 42.5 Å². The number of carbonyl (C=O) groups excluding carboxylic acids is 2. The fourth-order valence-corrected chi connectivity index (χ4v) is 2.61. The molecule has 3 aromatic carbocycles. The molecular weight excluding hydrogens is 368 g/mol. The number of anilines is 1. The van der Waals surface area contributed by atoms with E-state index in [2.05, 4.69) is 10.6 Å². The van der Waals surface area contributed by atoms with E-state index in [0.29, 0.717) is 41.5 Å². The number of para-hydroxylation sites is 3. The minimum atomic E-state index is -0.291. The minimum Gasteiger partial charge on any atom is -0.455 e. The van der Waals surface area contributed by atoms with E-state index in [9.17, 15) is 9.59 Å². The fraction of sp³-hybridized carbons (Fsp3) is 0.130. The molecule has 29 heavy (non-hydrogen) atoms. The molecule has 3 aromatic rings. The number of hydrogen-bond donors (Lipinski definition) is 2. The molecule has 0 atom stereocenters. The van der Waals surface area contributed by atoms with Crippen LogP contribution in [0, 0.1) is 0 Å². The molecule has 0 aliphatic rings. The number of rotatable bonds is 8. The van der Waals surface area contributed by atoms with E-state index in [-0.39, 0.29) is 11.8 Å². The first kappa shape index (κ1) is 20.1. The van der Waals surface area contributed by atoms with Crippen molar-refractivity contribution in [2.24, 2.45) is 0 Å². The molecule has 0 radical (unpaired) electrons. The quantitative estimate of drug-likeness (QED) is 0.568. The van der Waals surface area contributed by atoms with Gasteiger partial charge in [-0.2, -0.15) is 0 Å². The number of amides is 2. The second-order valence-corrected chi connectivity index (χ2v) is 6.19. The van der Waals surface area contributed by atoms with Gasteiger partial charge in [0.05, 0.1) is 12.3 Å². The second kappa shape index (κ2) is 10.1. The van der Waals surface area contributed by atoms with E-state index in [0.717, 1.165) is 0 Å². The zero-order valence-corrected chi connectivity index (χ0v) is 16.1. The molecule has 0 heterocycles. The predicted octanol–water partition coefficient (Wildman–Crippen LogP) is 4.11. The number of benzene rings is 3.